The molecule has 0 aliphatic carbocycles. The van der Waals surface area contributed by atoms with Crippen molar-refractivity contribution in [1.82, 2.24) is 0 Å². The van der Waals surface area contributed by atoms with Crippen molar-refractivity contribution in [2.45, 2.75) is 4.21 Å². The number of carbonyl (C=O) groups is 1. The fourth-order valence-electron chi connectivity index (χ4n) is 2.50. The highest BCUT2D eigenvalue weighted by molar-refractivity contribution is 7.94. The Labute approximate surface area is 174 Å². The van der Waals surface area contributed by atoms with Gasteiger partial charge in [-0.25, -0.2) is 8.42 Å². The number of rotatable bonds is 8. The summed E-state index contributed by atoms with van der Waals surface area (Å²) in [7, 11) is -2.12. The van der Waals surface area contributed by atoms with Crippen LogP contribution in [0.5, 0.6) is 5.75 Å². The molecule has 1 N–H and O–H groups in total. The van der Waals surface area contributed by atoms with Gasteiger partial charge in [-0.05, 0) is 60.0 Å². The molecule has 3 rings (SSSR count). The van der Waals surface area contributed by atoms with Crippen LogP contribution < -0.4 is 14.4 Å². The maximum Gasteiger partial charge on any atom is 0.273 e. The van der Waals surface area contributed by atoms with Gasteiger partial charge < -0.3 is 10.1 Å². The van der Waals surface area contributed by atoms with E-state index in [0.29, 0.717) is 29.3 Å². The van der Waals surface area contributed by atoms with Gasteiger partial charge in [0.15, 0.2) is 0 Å². The first-order chi connectivity index (χ1) is 13.9. The SMILES string of the molecule is C=CCOc1ccc(NC(=O)c2ccc(N(C)S(=O)(=O)c3cccs3)cc2)cc1. The number of hydrogen-bond acceptors (Lipinski definition) is 5. The molecule has 0 spiro atoms. The Hall–Kier alpha value is -3.10. The zero-order valence-corrected chi connectivity index (χ0v) is 17.4. The van der Waals surface area contributed by atoms with Crippen LogP contribution in [0.3, 0.4) is 0 Å². The monoisotopic (exact) mass is 428 g/mol. The Morgan fingerprint density at radius 2 is 1.83 bits per heavy atom. The second-order valence-corrected chi connectivity index (χ2v) is 9.17. The van der Waals surface area contributed by atoms with Crippen LogP contribution in [0, 0.1) is 0 Å². The number of nitrogens with one attached hydrogen (secondary N) is 1. The summed E-state index contributed by atoms with van der Waals surface area (Å²) in [5.74, 6) is 0.391. The predicted molar refractivity (Wildman–Crippen MR) is 116 cm³/mol. The van der Waals surface area contributed by atoms with E-state index in [1.807, 2.05) is 0 Å². The van der Waals surface area contributed by atoms with Crippen molar-refractivity contribution in [3.8, 4) is 5.75 Å². The van der Waals surface area contributed by atoms with Crippen LogP contribution in [-0.2, 0) is 10.0 Å². The number of hydrogen-bond donors (Lipinski definition) is 1. The van der Waals surface area contributed by atoms with Crippen molar-refractivity contribution in [2.24, 2.45) is 0 Å². The lowest BCUT2D eigenvalue weighted by atomic mass is 10.2. The van der Waals surface area contributed by atoms with E-state index < -0.39 is 10.0 Å². The van der Waals surface area contributed by atoms with Crippen LogP contribution in [0.15, 0.2) is 82.9 Å². The highest BCUT2D eigenvalue weighted by atomic mass is 32.2. The molecule has 150 valence electrons. The van der Waals surface area contributed by atoms with Crippen molar-refractivity contribution >= 4 is 38.6 Å². The normalized spacial score (nSPS) is 10.9. The molecular formula is C21H20N2O4S2. The number of carbonyl (C=O) groups excluding carboxylic acids is 1. The van der Waals surface area contributed by atoms with Gasteiger partial charge in [0.05, 0.1) is 5.69 Å². The summed E-state index contributed by atoms with van der Waals surface area (Å²) in [6.07, 6.45) is 1.66. The lowest BCUT2D eigenvalue weighted by Gasteiger charge is -2.18. The van der Waals surface area contributed by atoms with E-state index >= 15 is 0 Å². The molecule has 1 aromatic heterocycles. The van der Waals surface area contributed by atoms with Gasteiger partial charge in [0.2, 0.25) is 0 Å². The molecule has 8 heteroatoms. The number of anilines is 2. The molecule has 29 heavy (non-hydrogen) atoms. The third kappa shape index (κ3) is 4.85. The zero-order chi connectivity index (χ0) is 20.9. The number of thiophene rings is 1. The number of ether oxygens (including phenoxy) is 1. The molecule has 0 saturated heterocycles. The van der Waals surface area contributed by atoms with Crippen molar-refractivity contribution in [3.63, 3.8) is 0 Å². The van der Waals surface area contributed by atoms with Gasteiger partial charge >= 0.3 is 0 Å². The number of benzene rings is 2. The second-order valence-electron chi connectivity index (χ2n) is 6.03. The topological polar surface area (TPSA) is 75.7 Å². The Balaban J connectivity index is 1.68. The fourth-order valence-corrected chi connectivity index (χ4v) is 4.86. The molecule has 0 bridgehead atoms. The molecule has 0 aliphatic heterocycles. The van der Waals surface area contributed by atoms with Gasteiger partial charge in [-0.3, -0.25) is 9.10 Å². The number of nitrogens with zero attached hydrogens (tertiary/aromatic N) is 1. The lowest BCUT2D eigenvalue weighted by molar-refractivity contribution is 0.102. The molecule has 0 unspecified atom stereocenters. The fraction of sp³-hybridized carbons (Fsp3) is 0.0952. The third-order valence-electron chi connectivity index (χ3n) is 4.08. The van der Waals surface area contributed by atoms with E-state index in [9.17, 15) is 13.2 Å². The van der Waals surface area contributed by atoms with Crippen molar-refractivity contribution in [3.05, 3.63) is 84.3 Å². The first kappa shape index (κ1) is 20.6. The molecule has 0 atom stereocenters. The summed E-state index contributed by atoms with van der Waals surface area (Å²) in [5, 5.41) is 4.51. The molecule has 2 aromatic carbocycles. The third-order valence-corrected chi connectivity index (χ3v) is 7.24. The van der Waals surface area contributed by atoms with Crippen LogP contribution >= 0.6 is 11.3 Å². The van der Waals surface area contributed by atoms with Gasteiger partial charge in [0.25, 0.3) is 15.9 Å². The molecule has 0 fully saturated rings. The second kappa shape index (κ2) is 8.93. The Morgan fingerprint density at radius 1 is 1.14 bits per heavy atom. The molecule has 3 aromatic rings. The van der Waals surface area contributed by atoms with E-state index in [0.717, 1.165) is 11.3 Å². The predicted octanol–water partition coefficient (Wildman–Crippen LogP) is 4.39. The average molecular weight is 429 g/mol. The summed E-state index contributed by atoms with van der Waals surface area (Å²) in [6.45, 7) is 4.00. The first-order valence-electron chi connectivity index (χ1n) is 8.69. The van der Waals surface area contributed by atoms with Crippen LogP contribution in [0.1, 0.15) is 10.4 Å². The Bertz CT molecular complexity index is 1070. The minimum atomic E-state index is -3.61. The Morgan fingerprint density at radius 3 is 2.41 bits per heavy atom. The highest BCUT2D eigenvalue weighted by Crippen LogP contribution is 2.25. The lowest BCUT2D eigenvalue weighted by Crippen LogP contribution is -2.25. The minimum absolute atomic E-state index is 0.266. The summed E-state index contributed by atoms with van der Waals surface area (Å²) in [4.78, 5) is 12.5. The minimum Gasteiger partial charge on any atom is -0.490 e. The van der Waals surface area contributed by atoms with Gasteiger partial charge in [-0.2, -0.15) is 0 Å². The highest BCUT2D eigenvalue weighted by Gasteiger charge is 2.22. The summed E-state index contributed by atoms with van der Waals surface area (Å²) < 4.78 is 32.0. The van der Waals surface area contributed by atoms with E-state index in [1.54, 1.807) is 72.1 Å². The quantitative estimate of drug-likeness (QED) is 0.540. The number of sulfonamides is 1. The van der Waals surface area contributed by atoms with E-state index in [4.69, 9.17) is 4.74 Å². The molecule has 0 aliphatic rings. The largest absolute Gasteiger partial charge is 0.490 e. The molecule has 1 amide bonds. The van der Waals surface area contributed by atoms with Crippen LogP contribution in [0.4, 0.5) is 11.4 Å². The van der Waals surface area contributed by atoms with Crippen LogP contribution in [-0.4, -0.2) is 28.0 Å². The molecule has 1 heterocycles. The Kier molecular flexibility index (Phi) is 6.36. The van der Waals surface area contributed by atoms with Gasteiger partial charge in [-0.15, -0.1) is 11.3 Å². The molecule has 6 nitrogen and oxygen atoms in total. The van der Waals surface area contributed by atoms with Crippen molar-refractivity contribution in [1.29, 1.82) is 0 Å². The standard InChI is InChI=1S/C21H20N2O4S2/c1-3-14-27-19-12-8-17(9-13-19)22-21(24)16-6-10-18(11-7-16)23(2)29(25,26)20-5-4-15-28-20/h3-13,15H,1,14H2,2H3,(H,22,24). The number of amides is 1. The van der Waals surface area contributed by atoms with Gasteiger partial charge in [0.1, 0.15) is 16.6 Å². The molecule has 0 saturated carbocycles. The maximum absolute atomic E-state index is 12.6. The van der Waals surface area contributed by atoms with Gasteiger partial charge in [0, 0.05) is 18.3 Å². The first-order valence-corrected chi connectivity index (χ1v) is 11.0. The molecular weight excluding hydrogens is 408 g/mol. The smallest absolute Gasteiger partial charge is 0.273 e. The van der Waals surface area contributed by atoms with E-state index in [2.05, 4.69) is 11.9 Å². The van der Waals surface area contributed by atoms with E-state index in [1.165, 1.54) is 11.4 Å². The average Bonchev–Trinajstić information content (AvgIpc) is 3.28. The summed E-state index contributed by atoms with van der Waals surface area (Å²) >= 11 is 1.16. The van der Waals surface area contributed by atoms with Gasteiger partial charge in [-0.1, -0.05) is 18.7 Å². The van der Waals surface area contributed by atoms with Crippen LogP contribution in [0.2, 0.25) is 0 Å². The van der Waals surface area contributed by atoms with E-state index in [-0.39, 0.29) is 10.1 Å². The zero-order valence-electron chi connectivity index (χ0n) is 15.7. The molecule has 0 radical (unpaired) electrons. The van der Waals surface area contributed by atoms with Crippen LogP contribution in [0.25, 0.3) is 0 Å². The summed E-state index contributed by atoms with van der Waals surface area (Å²) in [6, 6.07) is 16.6. The van der Waals surface area contributed by atoms with Crippen molar-refractivity contribution < 1.29 is 17.9 Å². The summed E-state index contributed by atoms with van der Waals surface area (Å²) in [5.41, 5.74) is 1.52. The van der Waals surface area contributed by atoms with Crippen molar-refractivity contribution in [2.75, 3.05) is 23.3 Å². The maximum atomic E-state index is 12.6.